The van der Waals surface area contributed by atoms with Gasteiger partial charge >= 0.3 is 21.1 Å². The van der Waals surface area contributed by atoms with E-state index in [1.165, 1.54) is 38.9 Å². The first-order chi connectivity index (χ1) is 29.4. The summed E-state index contributed by atoms with van der Waals surface area (Å²) in [6, 6.07) is 39.5. The number of hydrogen-bond acceptors (Lipinski definition) is 4. The second-order valence-corrected chi connectivity index (χ2v) is 16.4. The number of aromatic nitrogens is 2. The van der Waals surface area contributed by atoms with Crippen LogP contribution in [0, 0.1) is 19.1 Å². The first-order valence-corrected chi connectivity index (χ1v) is 19.7. The van der Waals surface area contributed by atoms with Crippen LogP contribution in [-0.2, 0) is 44.7 Å². The number of rotatable bonds is 5. The number of aryl methyl sites for hydroxylation is 3. The molecule has 2 aromatic heterocycles. The first-order valence-electron chi connectivity index (χ1n) is 22.2. The van der Waals surface area contributed by atoms with Crippen LogP contribution in [0.15, 0.2) is 134 Å². The summed E-state index contributed by atoms with van der Waals surface area (Å²) in [4.78, 5) is 14.5. The number of hydrogen-bond donors (Lipinski definition) is 0. The van der Waals surface area contributed by atoms with Gasteiger partial charge in [-0.2, -0.15) is 36.4 Å². The fraction of sp³-hybridized carbons (Fsp3) is 0.231. The normalized spacial score (nSPS) is 16.5. The van der Waals surface area contributed by atoms with Gasteiger partial charge in [0.1, 0.15) is 11.6 Å². The van der Waals surface area contributed by atoms with E-state index in [-0.39, 0.29) is 56.2 Å². The number of fused-ring (bicyclic) bond motifs is 5. The summed E-state index contributed by atoms with van der Waals surface area (Å²) < 4.78 is 41.9. The molecule has 0 unspecified atom stereocenters. The maximum Gasteiger partial charge on any atom is 2.00 e. The summed E-state index contributed by atoms with van der Waals surface area (Å²) in [7, 11) is 0. The quantitative estimate of drug-likeness (QED) is 0.161. The predicted molar refractivity (Wildman–Crippen MR) is 229 cm³/mol. The van der Waals surface area contributed by atoms with Crippen molar-refractivity contribution in [1.82, 2.24) is 9.97 Å². The van der Waals surface area contributed by atoms with Crippen molar-refractivity contribution in [3.63, 3.8) is 0 Å². The molecular formula is C52H46N4Pt. The van der Waals surface area contributed by atoms with Gasteiger partial charge < -0.3 is 9.80 Å². The molecule has 0 atom stereocenters. The Balaban J connectivity index is 0.00000490. The molecule has 3 aliphatic rings. The van der Waals surface area contributed by atoms with Crippen molar-refractivity contribution in [2.24, 2.45) is 0 Å². The molecule has 5 heteroatoms. The van der Waals surface area contributed by atoms with Gasteiger partial charge in [-0.05, 0) is 82.3 Å². The van der Waals surface area contributed by atoms with Crippen LogP contribution in [0.4, 0.5) is 23.0 Å². The van der Waals surface area contributed by atoms with Gasteiger partial charge in [-0.15, -0.1) is 22.3 Å². The maximum absolute atomic E-state index is 8.63. The molecule has 10 rings (SSSR count). The maximum atomic E-state index is 8.63. The molecule has 2 aliphatic heterocycles. The molecule has 0 radical (unpaired) electrons. The van der Waals surface area contributed by atoms with Gasteiger partial charge in [-0.3, -0.25) is 0 Å². The summed E-state index contributed by atoms with van der Waals surface area (Å²) in [5.41, 5.74) is 13.3. The Morgan fingerprint density at radius 3 is 1.79 bits per heavy atom. The molecule has 0 saturated carbocycles. The number of benzene rings is 5. The Kier molecular flexibility index (Phi) is 8.11. The molecule has 0 spiro atoms. The predicted octanol–water partition coefficient (Wildman–Crippen LogP) is 11.9. The summed E-state index contributed by atoms with van der Waals surface area (Å²) in [5.74, 6) is 1.67. The third-order valence-corrected chi connectivity index (χ3v) is 12.0. The van der Waals surface area contributed by atoms with Gasteiger partial charge in [-0.1, -0.05) is 124 Å². The average molecular weight is 927 g/mol. The Hall–Kier alpha value is -5.31. The van der Waals surface area contributed by atoms with Crippen molar-refractivity contribution in [3.8, 4) is 22.3 Å². The first kappa shape index (κ1) is 31.7. The van der Waals surface area contributed by atoms with Crippen LogP contribution in [-0.4, -0.2) is 23.1 Å². The van der Waals surface area contributed by atoms with E-state index in [2.05, 4.69) is 128 Å². The molecule has 4 heterocycles. The number of pyridine rings is 2. The molecule has 1 aliphatic carbocycles. The average Bonchev–Trinajstić information content (AvgIpc) is 3.58. The number of anilines is 4. The molecule has 0 amide bonds. The minimum atomic E-state index is -0.738. The van der Waals surface area contributed by atoms with Crippen LogP contribution in [0.2, 0.25) is 0 Å². The van der Waals surface area contributed by atoms with Crippen LogP contribution in [0.5, 0.6) is 0 Å². The molecule has 0 saturated heterocycles. The summed E-state index contributed by atoms with van der Waals surface area (Å²) in [6.45, 7) is 10.2. The summed E-state index contributed by atoms with van der Waals surface area (Å²) in [5, 5.41) is 0. The molecule has 0 fully saturated rings. The van der Waals surface area contributed by atoms with Gasteiger partial charge in [0.2, 0.25) is 0 Å². The van der Waals surface area contributed by atoms with Crippen LogP contribution in [0.3, 0.4) is 0 Å². The zero-order chi connectivity index (χ0) is 42.4. The van der Waals surface area contributed by atoms with Crippen molar-refractivity contribution < 1.29 is 27.9 Å². The molecule has 0 bridgehead atoms. The van der Waals surface area contributed by atoms with E-state index in [0.717, 1.165) is 78.5 Å². The second kappa shape index (κ2) is 14.6. The SMILES string of the molecule is [2H]c1c([2H])c([2H])c(-c2cnc(N3CCCc4ccc(C5(c6[c-]c7c(cc6)CCCN7c6cc(C(C)(C)C)ccn6)c6ccccc6-c6ccccc65)[c-]c43)cc2C)c([2H])c1[2H].[Pt+2]. The van der Waals surface area contributed by atoms with Crippen molar-refractivity contribution in [2.75, 3.05) is 22.9 Å². The molecule has 7 aromatic rings. The molecule has 5 aromatic carbocycles. The van der Waals surface area contributed by atoms with Crippen LogP contribution in [0.1, 0.15) is 85.0 Å². The largest absolute Gasteiger partial charge is 2.00 e. The van der Waals surface area contributed by atoms with Crippen molar-refractivity contribution in [3.05, 3.63) is 190 Å². The van der Waals surface area contributed by atoms with Crippen LogP contribution in [0.25, 0.3) is 22.3 Å². The van der Waals surface area contributed by atoms with E-state index in [1.807, 2.05) is 19.2 Å². The van der Waals surface area contributed by atoms with Gasteiger partial charge in [0.05, 0.1) is 6.85 Å². The fourth-order valence-electron chi connectivity index (χ4n) is 9.21. The number of nitrogens with zero attached hydrogens (tertiary/aromatic N) is 4. The third kappa shape index (κ3) is 6.16. The smallest absolute Gasteiger partial charge is 0.350 e. The molecular weight excluding hydrogens is 876 g/mol. The molecule has 284 valence electrons. The van der Waals surface area contributed by atoms with Gasteiger partial charge in [0.25, 0.3) is 0 Å². The Morgan fingerprint density at radius 2 is 1.23 bits per heavy atom. The van der Waals surface area contributed by atoms with Crippen molar-refractivity contribution in [1.29, 1.82) is 0 Å². The monoisotopic (exact) mass is 926 g/mol. The van der Waals surface area contributed by atoms with E-state index in [4.69, 9.17) is 16.8 Å². The summed E-state index contributed by atoms with van der Waals surface area (Å²) in [6.07, 6.45) is 7.44. The minimum Gasteiger partial charge on any atom is -0.350 e. The standard InChI is InChI=1S/C52H46N4.Pt/c1-35-30-49(54-34-44(35)36-14-6-5-7-15-36)55-28-12-16-37-22-24-40(31-47(37)55)52(45-20-10-8-18-42(45)43-19-9-11-21-46(43)52)41-25-23-38-17-13-29-56(48(38)32-41)50-33-39(26-27-53-50)51(2,3)4;/h5-11,14-15,18-27,30,33-34H,12-13,16-17,28-29H2,1-4H3;/q-2;+2/i5D,6D,7D,14D,15D;. The van der Waals surface area contributed by atoms with E-state index in [9.17, 15) is 0 Å². The third-order valence-electron chi connectivity index (χ3n) is 12.0. The van der Waals surface area contributed by atoms with Crippen molar-refractivity contribution >= 4 is 23.0 Å². The Labute approximate surface area is 359 Å². The fourth-order valence-corrected chi connectivity index (χ4v) is 9.21. The Bertz CT molecular complexity index is 2850. The van der Waals surface area contributed by atoms with Gasteiger partial charge in [0.15, 0.2) is 0 Å². The molecule has 0 N–H and O–H groups in total. The van der Waals surface area contributed by atoms with E-state index in [1.54, 1.807) is 6.20 Å². The molecule has 57 heavy (non-hydrogen) atoms. The van der Waals surface area contributed by atoms with Crippen LogP contribution < -0.4 is 9.80 Å². The van der Waals surface area contributed by atoms with E-state index in [0.29, 0.717) is 5.56 Å². The zero-order valence-electron chi connectivity index (χ0n) is 37.7. The topological polar surface area (TPSA) is 32.3 Å². The minimum absolute atomic E-state index is 0. The zero-order valence-corrected chi connectivity index (χ0v) is 34.9. The van der Waals surface area contributed by atoms with Gasteiger partial charge in [-0.25, -0.2) is 9.97 Å². The molecule has 4 nitrogen and oxygen atoms in total. The van der Waals surface area contributed by atoms with Crippen LogP contribution >= 0.6 is 0 Å². The summed E-state index contributed by atoms with van der Waals surface area (Å²) >= 11 is 0. The second-order valence-electron chi connectivity index (χ2n) is 16.4. The van der Waals surface area contributed by atoms with Gasteiger partial charge in [0, 0.05) is 36.5 Å². The van der Waals surface area contributed by atoms with E-state index >= 15 is 0 Å². The Morgan fingerprint density at radius 1 is 0.667 bits per heavy atom. The van der Waals surface area contributed by atoms with E-state index < -0.39 is 11.5 Å². The van der Waals surface area contributed by atoms with Crippen molar-refractivity contribution in [2.45, 2.75) is 64.2 Å².